The van der Waals surface area contributed by atoms with Crippen LogP contribution in [0.2, 0.25) is 0 Å². The summed E-state index contributed by atoms with van der Waals surface area (Å²) < 4.78 is 0. The van der Waals surface area contributed by atoms with Crippen molar-refractivity contribution < 1.29 is 19.5 Å². The van der Waals surface area contributed by atoms with Crippen molar-refractivity contribution in [1.82, 2.24) is 9.80 Å². The van der Waals surface area contributed by atoms with E-state index in [1.165, 1.54) is 0 Å². The van der Waals surface area contributed by atoms with Gasteiger partial charge in [0.05, 0.1) is 11.3 Å². The number of carbonyl (C=O) groups is 3. The molecule has 0 unspecified atom stereocenters. The summed E-state index contributed by atoms with van der Waals surface area (Å²) in [5.41, 5.74) is 0.769. The maximum Gasteiger partial charge on any atom is 0.328 e. The highest BCUT2D eigenvalue weighted by atomic mass is 16.4. The Morgan fingerprint density at radius 1 is 1.09 bits per heavy atom. The topological polar surface area (TPSA) is 90.0 Å². The number of benzene rings is 1. The van der Waals surface area contributed by atoms with E-state index in [0.29, 0.717) is 24.3 Å². The Bertz CT molecular complexity index is 634. The highest BCUT2D eigenvalue weighted by Gasteiger charge is 2.22. The molecule has 1 heterocycles. The third-order valence-electron chi connectivity index (χ3n) is 3.58. The van der Waals surface area contributed by atoms with Crippen LogP contribution in [0.15, 0.2) is 36.4 Å². The molecule has 2 amide bonds. The summed E-state index contributed by atoms with van der Waals surface area (Å²) in [5.74, 6) is -1.94. The number of hydrogen-bond donors (Lipinski definition) is 2. The summed E-state index contributed by atoms with van der Waals surface area (Å²) in [4.78, 5) is 38.7. The second-order valence-corrected chi connectivity index (χ2v) is 5.30. The molecule has 1 aliphatic rings. The van der Waals surface area contributed by atoms with Crippen LogP contribution >= 0.6 is 0 Å². The quantitative estimate of drug-likeness (QED) is 0.796. The number of para-hydroxylation sites is 1. The van der Waals surface area contributed by atoms with Crippen molar-refractivity contribution in [2.45, 2.75) is 0 Å². The molecular weight excluding hydrogens is 298 g/mol. The third-order valence-corrected chi connectivity index (χ3v) is 3.58. The second-order valence-electron chi connectivity index (χ2n) is 5.30. The first-order chi connectivity index (χ1) is 11.0. The molecule has 0 aromatic heterocycles. The SMILES string of the molecule is CN1CCN(C(=O)c2ccccc2NC(=O)C=CC(=O)O)CC1. The number of hydrogen-bond acceptors (Lipinski definition) is 4. The number of piperazine rings is 1. The first kappa shape index (κ1) is 16.7. The molecule has 7 nitrogen and oxygen atoms in total. The number of nitrogens with zero attached hydrogens (tertiary/aromatic N) is 2. The van der Waals surface area contributed by atoms with Gasteiger partial charge in [0.15, 0.2) is 0 Å². The Labute approximate surface area is 134 Å². The van der Waals surface area contributed by atoms with E-state index >= 15 is 0 Å². The van der Waals surface area contributed by atoms with Crippen LogP contribution in [0.3, 0.4) is 0 Å². The van der Waals surface area contributed by atoms with Gasteiger partial charge in [-0.15, -0.1) is 0 Å². The normalized spacial score (nSPS) is 15.6. The molecule has 0 radical (unpaired) electrons. The van der Waals surface area contributed by atoms with Crippen molar-refractivity contribution >= 4 is 23.5 Å². The van der Waals surface area contributed by atoms with Crippen LogP contribution in [0, 0.1) is 0 Å². The Hall–Kier alpha value is -2.67. The number of carbonyl (C=O) groups excluding carboxylic acids is 2. The minimum absolute atomic E-state index is 0.142. The first-order valence-electron chi connectivity index (χ1n) is 7.26. The van der Waals surface area contributed by atoms with Gasteiger partial charge in [-0.05, 0) is 19.2 Å². The van der Waals surface area contributed by atoms with Gasteiger partial charge < -0.3 is 20.2 Å². The zero-order chi connectivity index (χ0) is 16.8. The summed E-state index contributed by atoms with van der Waals surface area (Å²) in [6, 6.07) is 6.70. The molecule has 0 saturated carbocycles. The molecule has 2 rings (SSSR count). The highest BCUT2D eigenvalue weighted by Crippen LogP contribution is 2.18. The van der Waals surface area contributed by atoms with E-state index in [-0.39, 0.29) is 5.91 Å². The van der Waals surface area contributed by atoms with Gasteiger partial charge in [0.2, 0.25) is 5.91 Å². The Morgan fingerprint density at radius 2 is 1.74 bits per heavy atom. The van der Waals surface area contributed by atoms with Crippen LogP contribution in [0.5, 0.6) is 0 Å². The highest BCUT2D eigenvalue weighted by molar-refractivity contribution is 6.07. The van der Waals surface area contributed by atoms with Crippen molar-refractivity contribution in [3.05, 3.63) is 42.0 Å². The number of anilines is 1. The summed E-state index contributed by atoms with van der Waals surface area (Å²) >= 11 is 0. The van der Waals surface area contributed by atoms with Gasteiger partial charge in [-0.2, -0.15) is 0 Å². The summed E-state index contributed by atoms with van der Waals surface area (Å²) in [5, 5.41) is 11.1. The number of carboxylic acids is 1. The summed E-state index contributed by atoms with van der Waals surface area (Å²) in [7, 11) is 2.00. The fourth-order valence-corrected chi connectivity index (χ4v) is 2.28. The van der Waals surface area contributed by atoms with Gasteiger partial charge in [0.25, 0.3) is 5.91 Å². The average Bonchev–Trinajstić information content (AvgIpc) is 2.53. The molecule has 7 heteroatoms. The zero-order valence-corrected chi connectivity index (χ0v) is 12.9. The van der Waals surface area contributed by atoms with E-state index in [2.05, 4.69) is 10.2 Å². The van der Waals surface area contributed by atoms with E-state index in [1.807, 2.05) is 7.05 Å². The van der Waals surface area contributed by atoms with Crippen molar-refractivity contribution in [3.63, 3.8) is 0 Å². The fourth-order valence-electron chi connectivity index (χ4n) is 2.28. The Balaban J connectivity index is 2.12. The van der Waals surface area contributed by atoms with Crippen LogP contribution in [0.25, 0.3) is 0 Å². The minimum Gasteiger partial charge on any atom is -0.478 e. The first-order valence-corrected chi connectivity index (χ1v) is 7.26. The Kier molecular flexibility index (Phi) is 5.48. The van der Waals surface area contributed by atoms with Crippen molar-refractivity contribution in [3.8, 4) is 0 Å². The number of aliphatic carboxylic acids is 1. The zero-order valence-electron chi connectivity index (χ0n) is 12.9. The van der Waals surface area contributed by atoms with Crippen molar-refractivity contribution in [1.29, 1.82) is 0 Å². The van der Waals surface area contributed by atoms with Gasteiger partial charge in [-0.3, -0.25) is 9.59 Å². The van der Waals surface area contributed by atoms with E-state index in [4.69, 9.17) is 5.11 Å². The molecule has 2 N–H and O–H groups in total. The molecule has 1 aromatic carbocycles. The lowest BCUT2D eigenvalue weighted by atomic mass is 10.1. The van der Waals surface area contributed by atoms with Crippen LogP contribution in [0.1, 0.15) is 10.4 Å². The van der Waals surface area contributed by atoms with Crippen LogP contribution in [0.4, 0.5) is 5.69 Å². The Morgan fingerprint density at radius 3 is 2.39 bits per heavy atom. The predicted molar refractivity (Wildman–Crippen MR) is 85.2 cm³/mol. The van der Waals surface area contributed by atoms with E-state index in [9.17, 15) is 14.4 Å². The molecule has 0 aliphatic carbocycles. The van der Waals surface area contributed by atoms with Gasteiger partial charge in [0, 0.05) is 38.3 Å². The maximum absolute atomic E-state index is 12.6. The number of nitrogens with one attached hydrogen (secondary N) is 1. The lowest BCUT2D eigenvalue weighted by Gasteiger charge is -2.32. The average molecular weight is 317 g/mol. The molecule has 122 valence electrons. The third kappa shape index (κ3) is 4.65. The summed E-state index contributed by atoms with van der Waals surface area (Å²) in [6.45, 7) is 2.89. The predicted octanol–water partition coefficient (Wildman–Crippen LogP) is 0.653. The molecule has 1 fully saturated rings. The number of likely N-dealkylation sites (N-methyl/N-ethyl adjacent to an activating group) is 1. The molecule has 1 saturated heterocycles. The van der Waals surface area contributed by atoms with E-state index < -0.39 is 11.9 Å². The van der Waals surface area contributed by atoms with Crippen LogP contribution < -0.4 is 5.32 Å². The van der Waals surface area contributed by atoms with Crippen LogP contribution in [-0.4, -0.2) is 65.9 Å². The maximum atomic E-state index is 12.6. The lowest BCUT2D eigenvalue weighted by Crippen LogP contribution is -2.47. The molecule has 23 heavy (non-hydrogen) atoms. The molecule has 0 spiro atoms. The monoisotopic (exact) mass is 317 g/mol. The smallest absolute Gasteiger partial charge is 0.328 e. The van der Waals surface area contributed by atoms with Gasteiger partial charge in [-0.25, -0.2) is 4.79 Å². The lowest BCUT2D eigenvalue weighted by molar-refractivity contribution is -0.131. The van der Waals surface area contributed by atoms with Gasteiger partial charge >= 0.3 is 5.97 Å². The molecule has 1 aromatic rings. The van der Waals surface area contributed by atoms with Gasteiger partial charge in [0.1, 0.15) is 0 Å². The fraction of sp³-hybridized carbons (Fsp3) is 0.312. The number of amides is 2. The van der Waals surface area contributed by atoms with Crippen LogP contribution in [-0.2, 0) is 9.59 Å². The molecule has 0 atom stereocenters. The van der Waals surface area contributed by atoms with E-state index in [1.54, 1.807) is 29.2 Å². The largest absolute Gasteiger partial charge is 0.478 e. The summed E-state index contributed by atoms with van der Waals surface area (Å²) in [6.07, 6.45) is 1.67. The standard InChI is InChI=1S/C16H19N3O4/c1-18-8-10-19(11-9-18)16(23)12-4-2-3-5-13(12)17-14(20)6-7-15(21)22/h2-7H,8-11H2,1H3,(H,17,20)(H,21,22). The van der Waals surface area contributed by atoms with Gasteiger partial charge in [-0.1, -0.05) is 12.1 Å². The second kappa shape index (κ2) is 7.55. The van der Waals surface area contributed by atoms with Crippen molar-refractivity contribution in [2.75, 3.05) is 38.5 Å². The number of carboxylic acid groups (broad SMARTS) is 1. The molecule has 0 bridgehead atoms. The van der Waals surface area contributed by atoms with Crippen molar-refractivity contribution in [2.24, 2.45) is 0 Å². The van der Waals surface area contributed by atoms with E-state index in [0.717, 1.165) is 25.2 Å². The molecular formula is C16H19N3O4. The number of rotatable bonds is 4. The molecule has 1 aliphatic heterocycles. The minimum atomic E-state index is -1.21.